The van der Waals surface area contributed by atoms with Gasteiger partial charge in [0.1, 0.15) is 0 Å². The van der Waals surface area contributed by atoms with E-state index in [2.05, 4.69) is 5.32 Å². The van der Waals surface area contributed by atoms with E-state index >= 15 is 0 Å². The van der Waals surface area contributed by atoms with Gasteiger partial charge in [0.15, 0.2) is 5.66 Å². The molecule has 92 valence electrons. The van der Waals surface area contributed by atoms with E-state index in [1.54, 1.807) is 31.2 Å². The van der Waals surface area contributed by atoms with Crippen molar-refractivity contribution in [1.82, 2.24) is 5.32 Å². The van der Waals surface area contributed by atoms with Gasteiger partial charge in [0.2, 0.25) is 5.91 Å². The first kappa shape index (κ1) is 13.2. The molecule has 1 aromatic rings. The Bertz CT molecular complexity index is 419. The Morgan fingerprint density at radius 3 is 2.29 bits per heavy atom. The Kier molecular flexibility index (Phi) is 3.85. The molecule has 0 aliphatic carbocycles. The molecule has 17 heavy (non-hydrogen) atoms. The van der Waals surface area contributed by atoms with Gasteiger partial charge in [-0.05, 0) is 5.56 Å². The lowest BCUT2D eigenvalue weighted by Gasteiger charge is -2.32. The van der Waals surface area contributed by atoms with Crippen LogP contribution in [0.5, 0.6) is 0 Å². The quantitative estimate of drug-likeness (QED) is 0.670. The van der Waals surface area contributed by atoms with Gasteiger partial charge in [-0.2, -0.15) is 0 Å². The Labute approximate surface area is 99.6 Å². The molecule has 2 unspecified atom stereocenters. The number of carboxylic acid groups (broad SMARTS) is 1. The summed E-state index contributed by atoms with van der Waals surface area (Å²) in [7, 11) is 0. The molecule has 4 N–H and O–H groups in total. The van der Waals surface area contributed by atoms with E-state index in [0.717, 1.165) is 5.56 Å². The zero-order valence-corrected chi connectivity index (χ0v) is 9.81. The fraction of sp³-hybridized carbons (Fsp3) is 0.333. The van der Waals surface area contributed by atoms with Crippen LogP contribution in [-0.2, 0) is 9.59 Å². The van der Waals surface area contributed by atoms with Crippen LogP contribution in [0, 0.1) is 0 Å². The molecule has 5 nitrogen and oxygen atoms in total. The van der Waals surface area contributed by atoms with Crippen molar-refractivity contribution in [3.8, 4) is 0 Å². The molecule has 0 saturated carbocycles. The van der Waals surface area contributed by atoms with Gasteiger partial charge >= 0.3 is 5.97 Å². The summed E-state index contributed by atoms with van der Waals surface area (Å²) in [6.45, 7) is 2.90. The van der Waals surface area contributed by atoms with Gasteiger partial charge in [-0.1, -0.05) is 37.3 Å². The number of nitrogens with two attached hydrogens (primary N) is 1. The van der Waals surface area contributed by atoms with E-state index in [-0.39, 0.29) is 0 Å². The van der Waals surface area contributed by atoms with Gasteiger partial charge in [0, 0.05) is 12.8 Å². The van der Waals surface area contributed by atoms with Crippen molar-refractivity contribution in [3.05, 3.63) is 35.9 Å². The third-order valence-electron chi connectivity index (χ3n) is 2.72. The van der Waals surface area contributed by atoms with Crippen LogP contribution in [0.15, 0.2) is 30.3 Å². The SMILES string of the molecule is CC(=O)NC(N)(C(=O)O)C(C)c1ccccc1. The molecule has 1 amide bonds. The van der Waals surface area contributed by atoms with E-state index in [9.17, 15) is 14.7 Å². The fourth-order valence-corrected chi connectivity index (χ4v) is 1.64. The summed E-state index contributed by atoms with van der Waals surface area (Å²) in [6, 6.07) is 8.96. The largest absolute Gasteiger partial charge is 0.478 e. The Morgan fingerprint density at radius 1 is 1.35 bits per heavy atom. The molecule has 0 radical (unpaired) electrons. The Balaban J connectivity index is 3.07. The summed E-state index contributed by atoms with van der Waals surface area (Å²) >= 11 is 0. The van der Waals surface area contributed by atoms with E-state index in [1.807, 2.05) is 6.07 Å². The van der Waals surface area contributed by atoms with Crippen molar-refractivity contribution in [2.75, 3.05) is 0 Å². The highest BCUT2D eigenvalue weighted by atomic mass is 16.4. The van der Waals surface area contributed by atoms with Crippen molar-refractivity contribution < 1.29 is 14.7 Å². The number of nitrogens with one attached hydrogen (secondary N) is 1. The smallest absolute Gasteiger partial charge is 0.345 e. The van der Waals surface area contributed by atoms with Crippen LogP contribution in [0.25, 0.3) is 0 Å². The van der Waals surface area contributed by atoms with Gasteiger partial charge in [-0.25, -0.2) is 4.79 Å². The van der Waals surface area contributed by atoms with Crippen LogP contribution in [-0.4, -0.2) is 22.6 Å². The minimum Gasteiger partial charge on any atom is -0.478 e. The first-order valence-corrected chi connectivity index (χ1v) is 5.24. The molecule has 0 aliphatic rings. The zero-order valence-electron chi connectivity index (χ0n) is 9.81. The molecule has 5 heteroatoms. The number of hydrogen-bond acceptors (Lipinski definition) is 3. The lowest BCUT2D eigenvalue weighted by atomic mass is 9.88. The van der Waals surface area contributed by atoms with Gasteiger partial charge < -0.3 is 10.4 Å². The zero-order chi connectivity index (χ0) is 13.1. The highest BCUT2D eigenvalue weighted by molar-refractivity contribution is 5.86. The molecule has 1 aromatic carbocycles. The molecular formula is C12H16N2O3. The molecule has 0 aromatic heterocycles. The predicted molar refractivity (Wildman–Crippen MR) is 63.2 cm³/mol. The van der Waals surface area contributed by atoms with Crippen molar-refractivity contribution in [2.24, 2.45) is 5.73 Å². The number of rotatable bonds is 4. The molecule has 0 fully saturated rings. The van der Waals surface area contributed by atoms with Gasteiger partial charge in [-0.15, -0.1) is 0 Å². The van der Waals surface area contributed by atoms with Crippen LogP contribution in [0.2, 0.25) is 0 Å². The van der Waals surface area contributed by atoms with Crippen molar-refractivity contribution in [2.45, 2.75) is 25.4 Å². The number of hydrogen-bond donors (Lipinski definition) is 3. The van der Waals surface area contributed by atoms with Crippen LogP contribution >= 0.6 is 0 Å². The summed E-state index contributed by atoms with van der Waals surface area (Å²) in [5.74, 6) is -2.27. The van der Waals surface area contributed by atoms with Crippen LogP contribution in [0.3, 0.4) is 0 Å². The number of aliphatic carboxylic acids is 1. The lowest BCUT2D eigenvalue weighted by Crippen LogP contribution is -2.64. The van der Waals surface area contributed by atoms with Gasteiger partial charge in [0.25, 0.3) is 0 Å². The summed E-state index contributed by atoms with van der Waals surface area (Å²) in [6.07, 6.45) is 0. The Morgan fingerprint density at radius 2 is 1.88 bits per heavy atom. The summed E-state index contributed by atoms with van der Waals surface area (Å²) in [4.78, 5) is 22.3. The summed E-state index contributed by atoms with van der Waals surface area (Å²) in [5.41, 5.74) is 4.74. The number of carbonyl (C=O) groups excluding carboxylic acids is 1. The minimum absolute atomic E-state index is 0.474. The molecular weight excluding hydrogens is 220 g/mol. The third-order valence-corrected chi connectivity index (χ3v) is 2.72. The van der Waals surface area contributed by atoms with Crippen molar-refractivity contribution >= 4 is 11.9 Å². The van der Waals surface area contributed by atoms with Crippen LogP contribution < -0.4 is 11.1 Å². The molecule has 2 atom stereocenters. The number of amides is 1. The second-order valence-corrected chi connectivity index (χ2v) is 3.99. The second kappa shape index (κ2) is 4.97. The predicted octanol–water partition coefficient (Wildman–Crippen LogP) is 0.666. The first-order valence-electron chi connectivity index (χ1n) is 5.24. The highest BCUT2D eigenvalue weighted by Gasteiger charge is 2.41. The van der Waals surface area contributed by atoms with Gasteiger partial charge in [0.05, 0.1) is 0 Å². The highest BCUT2D eigenvalue weighted by Crippen LogP contribution is 2.24. The maximum atomic E-state index is 11.2. The molecule has 0 spiro atoms. The minimum atomic E-state index is -1.80. The standard InChI is InChI=1S/C12H16N2O3/c1-8(10-6-4-3-5-7-10)12(13,11(16)17)14-9(2)15/h3-8H,13H2,1-2H3,(H,14,15)(H,16,17). The Hall–Kier alpha value is -1.88. The summed E-state index contributed by atoms with van der Waals surface area (Å²) in [5, 5.41) is 11.5. The molecule has 1 rings (SSSR count). The van der Waals surface area contributed by atoms with E-state index in [4.69, 9.17) is 5.73 Å². The molecule has 0 aliphatic heterocycles. The van der Waals surface area contributed by atoms with Gasteiger partial charge in [-0.3, -0.25) is 10.5 Å². The number of carboxylic acids is 1. The van der Waals surface area contributed by atoms with Crippen LogP contribution in [0.1, 0.15) is 25.3 Å². The third kappa shape index (κ3) is 2.82. The maximum absolute atomic E-state index is 11.2. The fourth-order valence-electron chi connectivity index (χ4n) is 1.64. The topological polar surface area (TPSA) is 92.4 Å². The van der Waals surface area contributed by atoms with E-state index in [1.165, 1.54) is 6.92 Å². The lowest BCUT2D eigenvalue weighted by molar-refractivity contribution is -0.148. The van der Waals surface area contributed by atoms with Crippen molar-refractivity contribution in [3.63, 3.8) is 0 Å². The average molecular weight is 236 g/mol. The summed E-state index contributed by atoms with van der Waals surface area (Å²) < 4.78 is 0. The molecule has 0 heterocycles. The monoisotopic (exact) mass is 236 g/mol. The number of benzene rings is 1. The second-order valence-electron chi connectivity index (χ2n) is 3.99. The first-order chi connectivity index (χ1) is 7.88. The van der Waals surface area contributed by atoms with Crippen LogP contribution in [0.4, 0.5) is 0 Å². The molecule has 0 bridgehead atoms. The average Bonchev–Trinajstić information content (AvgIpc) is 2.28. The van der Waals surface area contributed by atoms with E-state index < -0.39 is 23.5 Å². The molecule has 0 saturated heterocycles. The normalized spacial score (nSPS) is 15.7. The van der Waals surface area contributed by atoms with Crippen molar-refractivity contribution in [1.29, 1.82) is 0 Å². The number of carbonyl (C=O) groups is 2. The maximum Gasteiger partial charge on any atom is 0.345 e. The van der Waals surface area contributed by atoms with E-state index in [0.29, 0.717) is 0 Å².